The molecule has 2 aliphatic rings. The first-order valence-corrected chi connectivity index (χ1v) is 10.9. The smallest absolute Gasteiger partial charge is 0.246 e. The molecule has 0 saturated heterocycles. The third-order valence-electron chi connectivity index (χ3n) is 7.62. The highest BCUT2D eigenvalue weighted by molar-refractivity contribution is 5.79. The Morgan fingerprint density at radius 3 is 2.43 bits per heavy atom. The number of aliphatic hydroxyl groups excluding tert-OH is 1. The van der Waals surface area contributed by atoms with E-state index >= 15 is 0 Å². The molecule has 0 aromatic carbocycles. The molecule has 7 atom stereocenters. The normalized spacial score (nSPS) is 36.3. The Balaban J connectivity index is 2.16. The van der Waals surface area contributed by atoms with Crippen molar-refractivity contribution in [3.05, 3.63) is 0 Å². The number of nitrogens with zero attached hydrogens (tertiary/aromatic N) is 1. The zero-order valence-corrected chi connectivity index (χ0v) is 18.5. The van der Waals surface area contributed by atoms with Crippen molar-refractivity contribution in [1.82, 2.24) is 10.2 Å². The lowest BCUT2D eigenvalue weighted by molar-refractivity contribution is -0.151. The zero-order chi connectivity index (χ0) is 21.1. The summed E-state index contributed by atoms with van der Waals surface area (Å²) in [6.45, 7) is 11.9. The van der Waals surface area contributed by atoms with Gasteiger partial charge in [0.1, 0.15) is 6.61 Å². The van der Waals surface area contributed by atoms with Gasteiger partial charge in [0, 0.05) is 32.2 Å². The van der Waals surface area contributed by atoms with Gasteiger partial charge in [-0.1, -0.05) is 20.8 Å². The van der Waals surface area contributed by atoms with Gasteiger partial charge in [0.15, 0.2) is 0 Å². The van der Waals surface area contributed by atoms with Crippen molar-refractivity contribution in [3.63, 3.8) is 0 Å². The van der Waals surface area contributed by atoms with Crippen LogP contribution in [-0.2, 0) is 14.3 Å². The van der Waals surface area contributed by atoms with E-state index in [4.69, 9.17) is 4.74 Å². The number of rotatable bonds is 7. The molecule has 0 aromatic rings. The Bertz CT molecular complexity index is 551. The summed E-state index contributed by atoms with van der Waals surface area (Å²) in [5.74, 6) is 0.0750. The van der Waals surface area contributed by atoms with E-state index in [-0.39, 0.29) is 53.5 Å². The molecule has 0 aromatic heterocycles. The lowest BCUT2D eigenvalue weighted by atomic mass is 9.51. The number of methoxy groups -OCH3 is 1. The number of hydrogen-bond donors (Lipinski definition) is 2. The van der Waals surface area contributed by atoms with Crippen LogP contribution in [0.1, 0.15) is 60.3 Å². The second-order valence-electron chi connectivity index (χ2n) is 9.18. The highest BCUT2D eigenvalue weighted by Gasteiger charge is 2.54. The van der Waals surface area contributed by atoms with E-state index in [1.807, 2.05) is 25.7 Å². The van der Waals surface area contributed by atoms with E-state index < -0.39 is 6.10 Å². The van der Waals surface area contributed by atoms with Crippen LogP contribution in [0.15, 0.2) is 0 Å². The number of carbonyl (C=O) groups is 2. The number of carbonyl (C=O) groups excluding carboxylic acids is 2. The summed E-state index contributed by atoms with van der Waals surface area (Å²) in [5.41, 5.74) is 0.0653. The second-order valence-corrected chi connectivity index (χ2v) is 9.18. The summed E-state index contributed by atoms with van der Waals surface area (Å²) in [5, 5.41) is 14.5. The Labute approximate surface area is 170 Å². The fourth-order valence-corrected chi connectivity index (χ4v) is 5.88. The molecule has 0 heterocycles. The van der Waals surface area contributed by atoms with E-state index in [1.54, 1.807) is 0 Å². The molecule has 0 spiro atoms. The van der Waals surface area contributed by atoms with Crippen LogP contribution in [0, 0.1) is 29.1 Å². The third kappa shape index (κ3) is 4.54. The molecular formula is C22H40N2O4. The molecule has 0 bridgehead atoms. The minimum absolute atomic E-state index is 0.0259. The third-order valence-corrected chi connectivity index (χ3v) is 7.62. The summed E-state index contributed by atoms with van der Waals surface area (Å²) in [6.07, 6.45) is 3.30. The predicted molar refractivity (Wildman–Crippen MR) is 110 cm³/mol. The van der Waals surface area contributed by atoms with Crippen molar-refractivity contribution >= 4 is 11.8 Å². The number of fused-ring (bicyclic) bond motifs is 1. The van der Waals surface area contributed by atoms with Gasteiger partial charge in [-0.25, -0.2) is 0 Å². The first kappa shape index (κ1) is 23.1. The van der Waals surface area contributed by atoms with Gasteiger partial charge in [0.25, 0.3) is 0 Å². The molecule has 162 valence electrons. The molecule has 2 fully saturated rings. The lowest BCUT2D eigenvalue weighted by Gasteiger charge is -2.56. The Kier molecular flexibility index (Phi) is 7.91. The molecule has 6 heteroatoms. The number of nitrogens with one attached hydrogen (secondary N) is 1. The average Bonchev–Trinajstić information content (AvgIpc) is 2.65. The standard InChI is InChI=1S/C22H40N2O4/c1-7-24(8-2)21(27)14(3)16-9-11-22(5)12-10-17(23-18(25)13-28-6)15(4)19(22)20(16)26/h14-17,19-20,26H,7-13H2,1-6H3,(H,23,25)/t14-,15+,16+,17-,19+,20-,22-/m0/s1. The second kappa shape index (κ2) is 9.57. The van der Waals surface area contributed by atoms with Crippen molar-refractivity contribution in [2.45, 2.75) is 72.4 Å². The van der Waals surface area contributed by atoms with E-state index in [9.17, 15) is 14.7 Å². The summed E-state index contributed by atoms with van der Waals surface area (Å²) < 4.78 is 4.94. The zero-order valence-electron chi connectivity index (χ0n) is 18.5. The molecule has 2 N–H and O–H groups in total. The molecule has 2 saturated carbocycles. The molecule has 2 amide bonds. The summed E-state index contributed by atoms with van der Waals surface area (Å²) in [6, 6.07) is 0.0444. The van der Waals surface area contributed by atoms with Crippen molar-refractivity contribution in [2.24, 2.45) is 29.1 Å². The van der Waals surface area contributed by atoms with Crippen LogP contribution in [0.25, 0.3) is 0 Å². The van der Waals surface area contributed by atoms with Crippen LogP contribution in [0.4, 0.5) is 0 Å². The number of ether oxygens (including phenoxy) is 1. The SMILES string of the molecule is CCN(CC)C(=O)[C@@H](C)[C@H]1CC[C@@]2(C)CC[C@H](NC(=O)COC)[C@@H](C)[C@@H]2[C@H]1O. The van der Waals surface area contributed by atoms with E-state index in [2.05, 4.69) is 19.2 Å². The van der Waals surface area contributed by atoms with E-state index in [0.29, 0.717) is 13.1 Å². The largest absolute Gasteiger partial charge is 0.392 e. The topological polar surface area (TPSA) is 78.9 Å². The minimum atomic E-state index is -0.523. The molecule has 0 aliphatic heterocycles. The van der Waals surface area contributed by atoms with Gasteiger partial charge in [0.05, 0.1) is 6.10 Å². The summed E-state index contributed by atoms with van der Waals surface area (Å²) in [7, 11) is 1.52. The van der Waals surface area contributed by atoms with Crippen LogP contribution in [-0.4, -0.2) is 60.8 Å². The Morgan fingerprint density at radius 2 is 1.86 bits per heavy atom. The number of hydrogen-bond acceptors (Lipinski definition) is 4. The van der Waals surface area contributed by atoms with E-state index in [0.717, 1.165) is 25.7 Å². The Hall–Kier alpha value is -1.14. The van der Waals surface area contributed by atoms with Gasteiger partial charge in [-0.15, -0.1) is 0 Å². The highest BCUT2D eigenvalue weighted by Crippen LogP contribution is 2.55. The van der Waals surface area contributed by atoms with Crippen LogP contribution >= 0.6 is 0 Å². The fourth-order valence-electron chi connectivity index (χ4n) is 5.88. The fraction of sp³-hybridized carbons (Fsp3) is 0.909. The summed E-state index contributed by atoms with van der Waals surface area (Å²) >= 11 is 0. The van der Waals surface area contributed by atoms with Gasteiger partial charge < -0.3 is 20.1 Å². The van der Waals surface area contributed by atoms with Gasteiger partial charge in [-0.2, -0.15) is 0 Å². The molecule has 2 rings (SSSR count). The molecule has 0 radical (unpaired) electrons. The van der Waals surface area contributed by atoms with Crippen LogP contribution in [0.3, 0.4) is 0 Å². The maximum atomic E-state index is 12.9. The van der Waals surface area contributed by atoms with Crippen LogP contribution < -0.4 is 5.32 Å². The quantitative estimate of drug-likeness (QED) is 0.693. The van der Waals surface area contributed by atoms with Crippen LogP contribution in [0.5, 0.6) is 0 Å². The maximum absolute atomic E-state index is 12.9. The number of amides is 2. The highest BCUT2D eigenvalue weighted by atomic mass is 16.5. The molecule has 28 heavy (non-hydrogen) atoms. The lowest BCUT2D eigenvalue weighted by Crippen LogP contribution is -2.59. The predicted octanol–water partition coefficient (Wildman–Crippen LogP) is 2.45. The van der Waals surface area contributed by atoms with Gasteiger partial charge in [0.2, 0.25) is 11.8 Å². The van der Waals surface area contributed by atoms with Crippen LogP contribution in [0.2, 0.25) is 0 Å². The van der Waals surface area contributed by atoms with E-state index in [1.165, 1.54) is 7.11 Å². The minimum Gasteiger partial charge on any atom is -0.392 e. The summed E-state index contributed by atoms with van der Waals surface area (Å²) in [4.78, 5) is 26.8. The van der Waals surface area contributed by atoms with Crippen molar-refractivity contribution in [1.29, 1.82) is 0 Å². The maximum Gasteiger partial charge on any atom is 0.246 e. The van der Waals surface area contributed by atoms with Gasteiger partial charge in [-0.05, 0) is 62.7 Å². The average molecular weight is 397 g/mol. The number of aliphatic hydroxyl groups is 1. The monoisotopic (exact) mass is 396 g/mol. The Morgan fingerprint density at radius 1 is 1.25 bits per heavy atom. The van der Waals surface area contributed by atoms with Gasteiger partial charge >= 0.3 is 0 Å². The molecule has 0 unspecified atom stereocenters. The first-order chi connectivity index (χ1) is 13.2. The van der Waals surface area contributed by atoms with Gasteiger partial charge in [-0.3, -0.25) is 9.59 Å². The van der Waals surface area contributed by atoms with Crippen molar-refractivity contribution in [3.8, 4) is 0 Å². The van der Waals surface area contributed by atoms with Crippen molar-refractivity contribution < 1.29 is 19.4 Å². The first-order valence-electron chi connectivity index (χ1n) is 10.9. The molecule has 6 nitrogen and oxygen atoms in total. The molecular weight excluding hydrogens is 356 g/mol. The molecule has 2 aliphatic carbocycles. The van der Waals surface area contributed by atoms with Crippen molar-refractivity contribution in [2.75, 3.05) is 26.8 Å².